The van der Waals surface area contributed by atoms with E-state index in [1.165, 1.54) is 11.6 Å². The number of carbonyl (C=O) groups is 1. The Morgan fingerprint density at radius 2 is 1.84 bits per heavy atom. The molecule has 2 N–H and O–H groups in total. The van der Waals surface area contributed by atoms with Gasteiger partial charge in [-0.15, -0.1) is 0 Å². The number of carbonyl (C=O) groups excluding carboxylic acids is 1. The standard InChI is InChI=1S/C24H28N6O2/c1-15-19(16(2)30-21(26-15)13-23(32)28-30)12-22(31)27-20-10-11-25-29(20)14-17-6-8-18(9-7-17)24(3,4)5/h6-11,13H,12,14H2,1-5H3,(H,27,31)(H,28,32). The predicted octanol–water partition coefficient (Wildman–Crippen LogP) is 3.36. The summed E-state index contributed by atoms with van der Waals surface area (Å²) in [6.45, 7) is 10.8. The van der Waals surface area contributed by atoms with Gasteiger partial charge in [-0.25, -0.2) is 14.2 Å². The fraction of sp³-hybridized carbons (Fsp3) is 0.333. The first kappa shape index (κ1) is 21.5. The first-order chi connectivity index (χ1) is 15.1. The van der Waals surface area contributed by atoms with Gasteiger partial charge in [0.1, 0.15) is 5.82 Å². The molecule has 0 spiro atoms. The molecule has 8 nitrogen and oxygen atoms in total. The molecule has 32 heavy (non-hydrogen) atoms. The highest BCUT2D eigenvalue weighted by molar-refractivity contribution is 5.91. The summed E-state index contributed by atoms with van der Waals surface area (Å²) in [5.41, 5.74) is 5.11. The molecular formula is C24H28N6O2. The van der Waals surface area contributed by atoms with Crippen molar-refractivity contribution in [2.24, 2.45) is 0 Å². The van der Waals surface area contributed by atoms with E-state index in [0.29, 0.717) is 18.0 Å². The maximum atomic E-state index is 12.8. The van der Waals surface area contributed by atoms with Gasteiger partial charge in [-0.2, -0.15) is 5.10 Å². The molecule has 0 saturated heterocycles. The normalized spacial score (nSPS) is 11.8. The van der Waals surface area contributed by atoms with Gasteiger partial charge in [0.15, 0.2) is 5.65 Å². The number of rotatable bonds is 5. The van der Waals surface area contributed by atoms with Crippen LogP contribution in [0.4, 0.5) is 5.82 Å². The molecule has 1 amide bonds. The lowest BCUT2D eigenvalue weighted by Crippen LogP contribution is -2.20. The van der Waals surface area contributed by atoms with Crippen LogP contribution in [0.15, 0.2) is 47.4 Å². The largest absolute Gasteiger partial charge is 0.311 e. The van der Waals surface area contributed by atoms with Gasteiger partial charge in [-0.05, 0) is 30.4 Å². The van der Waals surface area contributed by atoms with Crippen LogP contribution in [0.1, 0.15) is 48.8 Å². The zero-order valence-corrected chi connectivity index (χ0v) is 19.1. The van der Waals surface area contributed by atoms with Crippen molar-refractivity contribution in [2.75, 3.05) is 5.32 Å². The molecule has 4 rings (SSSR count). The van der Waals surface area contributed by atoms with E-state index in [1.54, 1.807) is 21.5 Å². The summed E-state index contributed by atoms with van der Waals surface area (Å²) < 4.78 is 3.39. The average Bonchev–Trinajstić information content (AvgIpc) is 3.30. The van der Waals surface area contributed by atoms with Crippen molar-refractivity contribution < 1.29 is 4.79 Å². The van der Waals surface area contributed by atoms with E-state index in [0.717, 1.165) is 22.5 Å². The van der Waals surface area contributed by atoms with Gasteiger partial charge in [0.2, 0.25) is 5.91 Å². The number of aromatic nitrogens is 5. The number of benzene rings is 1. The van der Waals surface area contributed by atoms with Gasteiger partial charge in [-0.3, -0.25) is 14.7 Å². The van der Waals surface area contributed by atoms with Crippen LogP contribution < -0.4 is 10.9 Å². The van der Waals surface area contributed by atoms with E-state index in [9.17, 15) is 9.59 Å². The molecule has 166 valence electrons. The zero-order valence-electron chi connectivity index (χ0n) is 19.1. The van der Waals surface area contributed by atoms with Gasteiger partial charge in [0.25, 0.3) is 5.56 Å². The zero-order chi connectivity index (χ0) is 23.0. The van der Waals surface area contributed by atoms with Crippen molar-refractivity contribution in [1.29, 1.82) is 0 Å². The minimum atomic E-state index is -0.221. The summed E-state index contributed by atoms with van der Waals surface area (Å²) in [5, 5.41) is 10.0. The summed E-state index contributed by atoms with van der Waals surface area (Å²) in [4.78, 5) is 28.9. The third-order valence-electron chi connectivity index (χ3n) is 5.68. The van der Waals surface area contributed by atoms with Gasteiger partial charge in [0.05, 0.1) is 19.2 Å². The molecule has 8 heteroatoms. The Hall–Kier alpha value is -3.68. The third-order valence-corrected chi connectivity index (χ3v) is 5.68. The average molecular weight is 433 g/mol. The van der Waals surface area contributed by atoms with Crippen molar-refractivity contribution in [2.45, 2.75) is 53.0 Å². The molecule has 0 aliphatic heterocycles. The number of anilines is 1. The molecule has 0 atom stereocenters. The number of nitrogens with one attached hydrogen (secondary N) is 2. The van der Waals surface area contributed by atoms with Gasteiger partial charge in [-0.1, -0.05) is 45.0 Å². The summed E-state index contributed by atoms with van der Waals surface area (Å²) in [6.07, 6.45) is 1.82. The lowest BCUT2D eigenvalue weighted by Gasteiger charge is -2.19. The Balaban J connectivity index is 1.49. The second-order valence-electron chi connectivity index (χ2n) is 9.12. The molecule has 0 aliphatic rings. The summed E-state index contributed by atoms with van der Waals surface area (Å²) in [5.74, 6) is 0.463. The molecule has 0 bridgehead atoms. The van der Waals surface area contributed by atoms with Crippen LogP contribution in [0, 0.1) is 13.8 Å². The van der Waals surface area contributed by atoms with Crippen LogP contribution in [0.2, 0.25) is 0 Å². The maximum absolute atomic E-state index is 12.8. The highest BCUT2D eigenvalue weighted by Crippen LogP contribution is 2.23. The molecule has 4 aromatic rings. The first-order valence-electron chi connectivity index (χ1n) is 10.6. The second-order valence-corrected chi connectivity index (χ2v) is 9.12. The Labute approximate surface area is 186 Å². The molecule has 0 aliphatic carbocycles. The quantitative estimate of drug-likeness (QED) is 0.505. The first-order valence-corrected chi connectivity index (χ1v) is 10.6. The molecule has 0 unspecified atom stereocenters. The number of aromatic amines is 1. The Kier molecular flexibility index (Phi) is 5.46. The lowest BCUT2D eigenvalue weighted by atomic mass is 9.87. The van der Waals surface area contributed by atoms with Gasteiger partial charge in [0, 0.05) is 29.1 Å². The molecular weight excluding hydrogens is 404 g/mol. The summed E-state index contributed by atoms with van der Waals surface area (Å²) in [6, 6.07) is 11.7. The molecule has 0 saturated carbocycles. The SMILES string of the molecule is Cc1nc2cc(=O)[nH]n2c(C)c1CC(=O)Nc1ccnn1Cc1ccc(C(C)(C)C)cc1. The van der Waals surface area contributed by atoms with Crippen LogP contribution in [0.5, 0.6) is 0 Å². The van der Waals surface area contributed by atoms with E-state index in [1.807, 2.05) is 13.8 Å². The van der Waals surface area contributed by atoms with Crippen molar-refractivity contribution in [3.63, 3.8) is 0 Å². The number of aryl methyl sites for hydroxylation is 2. The van der Waals surface area contributed by atoms with E-state index in [2.05, 4.69) is 65.5 Å². The van der Waals surface area contributed by atoms with Crippen LogP contribution in [0.25, 0.3) is 5.65 Å². The van der Waals surface area contributed by atoms with Crippen LogP contribution in [0.3, 0.4) is 0 Å². The fourth-order valence-corrected chi connectivity index (χ4v) is 3.81. The Morgan fingerprint density at radius 3 is 2.53 bits per heavy atom. The molecule has 3 aromatic heterocycles. The van der Waals surface area contributed by atoms with Gasteiger partial charge >= 0.3 is 0 Å². The topological polar surface area (TPSA) is 97.1 Å². The van der Waals surface area contributed by atoms with E-state index >= 15 is 0 Å². The number of amides is 1. The summed E-state index contributed by atoms with van der Waals surface area (Å²) in [7, 11) is 0. The minimum Gasteiger partial charge on any atom is -0.311 e. The van der Waals surface area contributed by atoms with Crippen molar-refractivity contribution in [3.05, 3.63) is 81.0 Å². The smallest absolute Gasteiger partial charge is 0.266 e. The maximum Gasteiger partial charge on any atom is 0.266 e. The number of H-pyrrole nitrogens is 1. The Bertz CT molecular complexity index is 1340. The predicted molar refractivity (Wildman–Crippen MR) is 124 cm³/mol. The van der Waals surface area contributed by atoms with E-state index < -0.39 is 0 Å². The fourth-order valence-electron chi connectivity index (χ4n) is 3.81. The molecule has 0 fully saturated rings. The number of nitrogens with zero attached hydrogens (tertiary/aromatic N) is 4. The van der Waals surface area contributed by atoms with Crippen molar-refractivity contribution >= 4 is 17.4 Å². The van der Waals surface area contributed by atoms with Crippen molar-refractivity contribution in [1.82, 2.24) is 24.4 Å². The number of fused-ring (bicyclic) bond motifs is 1. The number of hydrogen-bond donors (Lipinski definition) is 2. The van der Waals surface area contributed by atoms with Gasteiger partial charge < -0.3 is 5.32 Å². The van der Waals surface area contributed by atoms with Crippen LogP contribution >= 0.6 is 0 Å². The van der Waals surface area contributed by atoms with E-state index in [4.69, 9.17) is 0 Å². The number of hydrogen-bond acceptors (Lipinski definition) is 4. The minimum absolute atomic E-state index is 0.102. The van der Waals surface area contributed by atoms with Crippen LogP contribution in [-0.4, -0.2) is 30.3 Å². The highest BCUT2D eigenvalue weighted by atomic mass is 16.1. The lowest BCUT2D eigenvalue weighted by molar-refractivity contribution is -0.115. The summed E-state index contributed by atoms with van der Waals surface area (Å²) >= 11 is 0. The Morgan fingerprint density at radius 1 is 1.12 bits per heavy atom. The third kappa shape index (κ3) is 4.34. The molecule has 3 heterocycles. The highest BCUT2D eigenvalue weighted by Gasteiger charge is 2.16. The molecule has 1 aromatic carbocycles. The molecule has 0 radical (unpaired) electrons. The van der Waals surface area contributed by atoms with E-state index in [-0.39, 0.29) is 23.3 Å². The van der Waals surface area contributed by atoms with Crippen molar-refractivity contribution in [3.8, 4) is 0 Å². The van der Waals surface area contributed by atoms with Crippen LogP contribution in [-0.2, 0) is 23.2 Å². The monoisotopic (exact) mass is 432 g/mol. The second kappa shape index (κ2) is 8.11.